The number of nitrogens with zero attached hydrogens (tertiary/aromatic N) is 2. The molecule has 0 aliphatic heterocycles. The molecule has 0 saturated heterocycles. The number of carbonyl (C=O) groups is 1. The molecule has 5 nitrogen and oxygen atoms in total. The Morgan fingerprint density at radius 3 is 2.59 bits per heavy atom. The number of halogens is 1. The average molecular weight is 384 g/mol. The van der Waals surface area contributed by atoms with Crippen molar-refractivity contribution in [1.29, 1.82) is 5.26 Å². The van der Waals surface area contributed by atoms with Gasteiger partial charge in [0.15, 0.2) is 0 Å². The Labute approximate surface area is 164 Å². The van der Waals surface area contributed by atoms with Crippen LogP contribution in [-0.2, 0) is 4.79 Å². The lowest BCUT2D eigenvalue weighted by Crippen LogP contribution is -2.21. The quantitative estimate of drug-likeness (QED) is 0.554. The van der Waals surface area contributed by atoms with Crippen LogP contribution in [0.4, 0.5) is 11.4 Å². The normalized spacial score (nSPS) is 10.9. The van der Waals surface area contributed by atoms with Gasteiger partial charge in [0.2, 0.25) is 0 Å². The molecular formula is C21H22ClN3O2. The molecule has 0 aliphatic carbocycles. The number of anilines is 2. The number of benzene rings is 2. The largest absolute Gasteiger partial charge is 0.496 e. The first-order valence-electron chi connectivity index (χ1n) is 8.64. The number of nitrogens with one attached hydrogen (secondary N) is 1. The van der Waals surface area contributed by atoms with Gasteiger partial charge in [0, 0.05) is 41.1 Å². The monoisotopic (exact) mass is 383 g/mol. The van der Waals surface area contributed by atoms with Crippen molar-refractivity contribution in [2.45, 2.75) is 13.8 Å². The first-order valence-corrected chi connectivity index (χ1v) is 9.01. The Bertz CT molecular complexity index is 883. The molecule has 0 radical (unpaired) electrons. The van der Waals surface area contributed by atoms with Gasteiger partial charge in [-0.1, -0.05) is 17.7 Å². The summed E-state index contributed by atoms with van der Waals surface area (Å²) in [7, 11) is 1.57. The lowest BCUT2D eigenvalue weighted by Gasteiger charge is -2.22. The van der Waals surface area contributed by atoms with E-state index in [9.17, 15) is 10.1 Å². The van der Waals surface area contributed by atoms with E-state index < -0.39 is 5.91 Å². The molecule has 27 heavy (non-hydrogen) atoms. The summed E-state index contributed by atoms with van der Waals surface area (Å²) >= 11 is 5.92. The molecule has 0 saturated carbocycles. The first kappa shape index (κ1) is 20.3. The second-order valence-electron chi connectivity index (χ2n) is 5.73. The van der Waals surface area contributed by atoms with Crippen LogP contribution in [0.3, 0.4) is 0 Å². The second-order valence-corrected chi connectivity index (χ2v) is 6.17. The third-order valence-corrected chi connectivity index (χ3v) is 4.33. The summed E-state index contributed by atoms with van der Waals surface area (Å²) in [6.07, 6.45) is 1.52. The van der Waals surface area contributed by atoms with E-state index in [1.54, 1.807) is 31.4 Å². The number of methoxy groups -OCH3 is 1. The van der Waals surface area contributed by atoms with Gasteiger partial charge in [-0.2, -0.15) is 5.26 Å². The van der Waals surface area contributed by atoms with Crippen molar-refractivity contribution < 1.29 is 9.53 Å². The van der Waals surface area contributed by atoms with Crippen LogP contribution >= 0.6 is 11.6 Å². The zero-order chi connectivity index (χ0) is 19.8. The minimum absolute atomic E-state index is 0.0242. The molecule has 2 aromatic rings. The van der Waals surface area contributed by atoms with Gasteiger partial charge in [-0.15, -0.1) is 0 Å². The molecule has 2 rings (SSSR count). The van der Waals surface area contributed by atoms with E-state index >= 15 is 0 Å². The van der Waals surface area contributed by atoms with E-state index in [1.165, 1.54) is 6.08 Å². The Morgan fingerprint density at radius 1 is 1.26 bits per heavy atom. The number of amides is 1. The number of hydrogen-bond donors (Lipinski definition) is 1. The third-order valence-electron chi connectivity index (χ3n) is 4.09. The van der Waals surface area contributed by atoms with Gasteiger partial charge in [0.25, 0.3) is 5.91 Å². The van der Waals surface area contributed by atoms with Crippen LogP contribution in [0.15, 0.2) is 48.0 Å². The maximum Gasteiger partial charge on any atom is 0.266 e. The lowest BCUT2D eigenvalue weighted by molar-refractivity contribution is -0.112. The molecule has 0 heterocycles. The SMILES string of the molecule is CCN(CC)c1ccc(C=C(C#N)C(=O)Nc2cccc(Cl)c2)c(OC)c1. The molecule has 0 atom stereocenters. The number of nitriles is 1. The summed E-state index contributed by atoms with van der Waals surface area (Å²) in [5, 5.41) is 12.6. The highest BCUT2D eigenvalue weighted by Gasteiger charge is 2.13. The van der Waals surface area contributed by atoms with Gasteiger partial charge in [-0.05, 0) is 50.3 Å². The Balaban J connectivity index is 2.31. The molecule has 0 aromatic heterocycles. The van der Waals surface area contributed by atoms with E-state index in [4.69, 9.17) is 16.3 Å². The topological polar surface area (TPSA) is 65.4 Å². The summed E-state index contributed by atoms with van der Waals surface area (Å²) in [6.45, 7) is 5.91. The smallest absolute Gasteiger partial charge is 0.266 e. The minimum Gasteiger partial charge on any atom is -0.496 e. The van der Waals surface area contributed by atoms with Crippen molar-refractivity contribution in [3.8, 4) is 11.8 Å². The summed E-state index contributed by atoms with van der Waals surface area (Å²) in [5.74, 6) is 0.0948. The van der Waals surface area contributed by atoms with E-state index in [-0.39, 0.29) is 5.57 Å². The number of hydrogen-bond acceptors (Lipinski definition) is 4. The minimum atomic E-state index is -0.505. The summed E-state index contributed by atoms with van der Waals surface area (Å²) in [4.78, 5) is 14.6. The highest BCUT2D eigenvalue weighted by Crippen LogP contribution is 2.28. The zero-order valence-electron chi connectivity index (χ0n) is 15.6. The van der Waals surface area contributed by atoms with E-state index in [1.807, 2.05) is 24.3 Å². The van der Waals surface area contributed by atoms with Crippen LogP contribution in [0.25, 0.3) is 6.08 Å². The molecule has 0 unspecified atom stereocenters. The van der Waals surface area contributed by atoms with Crippen LogP contribution in [0, 0.1) is 11.3 Å². The fourth-order valence-corrected chi connectivity index (χ4v) is 2.86. The molecular weight excluding hydrogens is 362 g/mol. The predicted molar refractivity (Wildman–Crippen MR) is 110 cm³/mol. The maximum absolute atomic E-state index is 12.4. The first-order chi connectivity index (χ1) is 13.0. The summed E-state index contributed by atoms with van der Waals surface area (Å²) in [6, 6.07) is 14.4. The highest BCUT2D eigenvalue weighted by molar-refractivity contribution is 6.31. The van der Waals surface area contributed by atoms with Gasteiger partial charge in [0.1, 0.15) is 17.4 Å². The fraction of sp³-hybridized carbons (Fsp3) is 0.238. The molecule has 0 bridgehead atoms. The zero-order valence-corrected chi connectivity index (χ0v) is 16.4. The van der Waals surface area contributed by atoms with Crippen LogP contribution in [0.5, 0.6) is 5.75 Å². The molecule has 6 heteroatoms. The fourth-order valence-electron chi connectivity index (χ4n) is 2.67. The standard InChI is InChI=1S/C21H22ClN3O2/c1-4-25(5-2)19-10-9-15(20(13-19)27-3)11-16(14-23)21(26)24-18-8-6-7-17(22)12-18/h6-13H,4-5H2,1-3H3,(H,24,26). The highest BCUT2D eigenvalue weighted by atomic mass is 35.5. The summed E-state index contributed by atoms with van der Waals surface area (Å²) < 4.78 is 5.45. The van der Waals surface area contributed by atoms with Crippen LogP contribution in [0.1, 0.15) is 19.4 Å². The van der Waals surface area contributed by atoms with E-state index in [0.717, 1.165) is 18.8 Å². The van der Waals surface area contributed by atoms with E-state index in [2.05, 4.69) is 24.1 Å². The third kappa shape index (κ3) is 5.25. The van der Waals surface area contributed by atoms with Crippen molar-refractivity contribution in [2.75, 3.05) is 30.4 Å². The molecule has 140 valence electrons. The molecule has 0 fully saturated rings. The van der Waals surface area contributed by atoms with Crippen LogP contribution < -0.4 is 15.0 Å². The Kier molecular flexibility index (Phi) is 7.27. The van der Waals surface area contributed by atoms with Crippen LogP contribution in [0.2, 0.25) is 5.02 Å². The van der Waals surface area contributed by atoms with Crippen molar-refractivity contribution in [1.82, 2.24) is 0 Å². The molecule has 1 N–H and O–H groups in total. The number of ether oxygens (including phenoxy) is 1. The van der Waals surface area contributed by atoms with Gasteiger partial charge >= 0.3 is 0 Å². The van der Waals surface area contributed by atoms with Gasteiger partial charge in [0.05, 0.1) is 7.11 Å². The molecule has 1 amide bonds. The van der Waals surface area contributed by atoms with Crippen molar-refractivity contribution in [2.24, 2.45) is 0 Å². The van der Waals surface area contributed by atoms with Crippen molar-refractivity contribution in [3.63, 3.8) is 0 Å². The molecule has 0 spiro atoms. The predicted octanol–water partition coefficient (Wildman–Crippen LogP) is 4.74. The van der Waals surface area contributed by atoms with Gasteiger partial charge in [-0.25, -0.2) is 0 Å². The van der Waals surface area contributed by atoms with Crippen LogP contribution in [-0.4, -0.2) is 26.1 Å². The van der Waals surface area contributed by atoms with E-state index in [0.29, 0.717) is 22.0 Å². The Hall–Kier alpha value is -2.97. The Morgan fingerprint density at radius 2 is 2.00 bits per heavy atom. The van der Waals surface area contributed by atoms with Gasteiger partial charge < -0.3 is 15.0 Å². The summed E-state index contributed by atoms with van der Waals surface area (Å²) in [5.41, 5.74) is 2.18. The van der Waals surface area contributed by atoms with Gasteiger partial charge in [-0.3, -0.25) is 4.79 Å². The van der Waals surface area contributed by atoms with Crippen molar-refractivity contribution >= 4 is 35.0 Å². The average Bonchev–Trinajstić information content (AvgIpc) is 2.67. The second kappa shape index (κ2) is 9.65. The number of carbonyl (C=O) groups excluding carboxylic acids is 1. The lowest BCUT2D eigenvalue weighted by atomic mass is 10.1. The van der Waals surface area contributed by atoms with Crippen molar-refractivity contribution in [3.05, 3.63) is 58.6 Å². The maximum atomic E-state index is 12.4. The molecule has 2 aromatic carbocycles. The number of rotatable bonds is 7. The molecule has 0 aliphatic rings.